The van der Waals surface area contributed by atoms with Gasteiger partial charge in [0, 0.05) is 5.92 Å². The summed E-state index contributed by atoms with van der Waals surface area (Å²) in [5.74, 6) is 1.08. The van der Waals surface area contributed by atoms with E-state index < -0.39 is 0 Å². The van der Waals surface area contributed by atoms with Gasteiger partial charge in [0.2, 0.25) is 5.91 Å². The van der Waals surface area contributed by atoms with Crippen molar-refractivity contribution in [3.05, 3.63) is 42.0 Å². The van der Waals surface area contributed by atoms with Gasteiger partial charge in [-0.15, -0.1) is 6.58 Å². The maximum Gasteiger partial charge on any atom is 0.223 e. The molecule has 1 N–H and O–H groups in total. The number of benzene rings is 1. The van der Waals surface area contributed by atoms with Gasteiger partial charge in [0.1, 0.15) is 5.75 Å². The van der Waals surface area contributed by atoms with Crippen molar-refractivity contribution in [3.8, 4) is 5.75 Å². The summed E-state index contributed by atoms with van der Waals surface area (Å²) in [4.78, 5) is 11.8. The number of carbonyl (C=O) groups excluding carboxylic acids is 1. The van der Waals surface area contributed by atoms with Crippen molar-refractivity contribution in [2.75, 3.05) is 7.11 Å². The first-order valence-corrected chi connectivity index (χ1v) is 6.21. The first-order chi connectivity index (χ1) is 8.65. The minimum absolute atomic E-state index is 0.0647. The van der Waals surface area contributed by atoms with Crippen molar-refractivity contribution < 1.29 is 9.53 Å². The summed E-state index contributed by atoms with van der Waals surface area (Å²) in [6, 6.07) is 6.18. The zero-order chi connectivity index (χ0) is 13.1. The van der Waals surface area contributed by atoms with E-state index in [9.17, 15) is 4.79 Å². The predicted molar refractivity (Wildman–Crippen MR) is 71.5 cm³/mol. The van der Waals surface area contributed by atoms with E-state index in [4.69, 9.17) is 4.74 Å². The number of rotatable bonds is 4. The monoisotopic (exact) mass is 245 g/mol. The largest absolute Gasteiger partial charge is 0.496 e. The van der Waals surface area contributed by atoms with Crippen LogP contribution in [-0.2, 0) is 4.79 Å². The molecule has 0 aromatic heterocycles. The standard InChI is InChI=1S/C15H19NO2/c1-4-5-12-9-13(16-15(12)17)11-6-7-14(18-3)10(2)8-11/h4,6-8,12-13H,1,5,9H2,2-3H3,(H,16,17). The topological polar surface area (TPSA) is 38.3 Å². The number of aryl methyl sites for hydroxylation is 1. The van der Waals surface area contributed by atoms with Crippen LogP contribution in [0.5, 0.6) is 5.75 Å². The van der Waals surface area contributed by atoms with Crippen molar-refractivity contribution in [2.24, 2.45) is 5.92 Å². The van der Waals surface area contributed by atoms with Crippen molar-refractivity contribution in [2.45, 2.75) is 25.8 Å². The van der Waals surface area contributed by atoms with Gasteiger partial charge < -0.3 is 10.1 Å². The summed E-state index contributed by atoms with van der Waals surface area (Å²) < 4.78 is 5.24. The molecule has 0 spiro atoms. The van der Waals surface area contributed by atoms with Crippen LogP contribution >= 0.6 is 0 Å². The molecule has 1 aliphatic rings. The number of hydrogen-bond acceptors (Lipinski definition) is 2. The van der Waals surface area contributed by atoms with E-state index in [1.807, 2.05) is 25.1 Å². The molecule has 1 saturated heterocycles. The van der Waals surface area contributed by atoms with Gasteiger partial charge in [-0.25, -0.2) is 0 Å². The molecule has 1 fully saturated rings. The molecule has 2 unspecified atom stereocenters. The smallest absolute Gasteiger partial charge is 0.223 e. The SMILES string of the molecule is C=CCC1CC(c2ccc(OC)c(C)c2)NC1=O. The van der Waals surface area contributed by atoms with E-state index in [1.165, 1.54) is 0 Å². The average molecular weight is 245 g/mol. The van der Waals surface area contributed by atoms with E-state index in [2.05, 4.69) is 18.0 Å². The molecule has 2 rings (SSSR count). The highest BCUT2D eigenvalue weighted by Gasteiger charge is 2.31. The van der Waals surface area contributed by atoms with E-state index in [-0.39, 0.29) is 17.9 Å². The maximum atomic E-state index is 11.8. The van der Waals surface area contributed by atoms with Crippen LogP contribution in [0.4, 0.5) is 0 Å². The van der Waals surface area contributed by atoms with Crippen molar-refractivity contribution in [1.29, 1.82) is 0 Å². The number of carbonyl (C=O) groups is 1. The van der Waals surface area contributed by atoms with Crippen molar-refractivity contribution >= 4 is 5.91 Å². The Labute approximate surface area is 108 Å². The lowest BCUT2D eigenvalue weighted by Gasteiger charge is -2.13. The number of nitrogens with one attached hydrogen (secondary N) is 1. The lowest BCUT2D eigenvalue weighted by molar-refractivity contribution is -0.122. The van der Waals surface area contributed by atoms with Gasteiger partial charge in [-0.1, -0.05) is 18.2 Å². The molecule has 0 radical (unpaired) electrons. The fourth-order valence-corrected chi connectivity index (χ4v) is 2.48. The number of amides is 1. The van der Waals surface area contributed by atoms with Crippen LogP contribution in [0.25, 0.3) is 0 Å². The minimum Gasteiger partial charge on any atom is -0.496 e. The van der Waals surface area contributed by atoms with Gasteiger partial charge in [-0.05, 0) is 37.0 Å². The highest BCUT2D eigenvalue weighted by atomic mass is 16.5. The fraction of sp³-hybridized carbons (Fsp3) is 0.400. The Kier molecular flexibility index (Phi) is 3.70. The van der Waals surface area contributed by atoms with Crippen LogP contribution in [0.2, 0.25) is 0 Å². The quantitative estimate of drug-likeness (QED) is 0.828. The second-order valence-electron chi connectivity index (χ2n) is 4.75. The zero-order valence-electron chi connectivity index (χ0n) is 10.9. The highest BCUT2D eigenvalue weighted by Crippen LogP contribution is 2.32. The summed E-state index contributed by atoms with van der Waals surface area (Å²) in [6.07, 6.45) is 3.40. The van der Waals surface area contributed by atoms with E-state index in [0.29, 0.717) is 0 Å². The normalized spacial score (nSPS) is 22.7. The Bertz CT molecular complexity index is 468. The third-order valence-electron chi connectivity index (χ3n) is 3.48. The molecule has 2 atom stereocenters. The first-order valence-electron chi connectivity index (χ1n) is 6.21. The Balaban J connectivity index is 2.16. The molecule has 1 aromatic carbocycles. The lowest BCUT2D eigenvalue weighted by atomic mass is 9.96. The van der Waals surface area contributed by atoms with E-state index in [0.717, 1.165) is 29.7 Å². The van der Waals surface area contributed by atoms with Crippen LogP contribution in [0, 0.1) is 12.8 Å². The highest BCUT2D eigenvalue weighted by molar-refractivity contribution is 5.81. The van der Waals surface area contributed by atoms with Gasteiger partial charge in [-0.2, -0.15) is 0 Å². The fourth-order valence-electron chi connectivity index (χ4n) is 2.48. The van der Waals surface area contributed by atoms with Crippen LogP contribution in [0.3, 0.4) is 0 Å². The Hall–Kier alpha value is -1.77. The van der Waals surface area contributed by atoms with Gasteiger partial charge in [0.15, 0.2) is 0 Å². The molecular formula is C15H19NO2. The maximum absolute atomic E-state index is 11.8. The second-order valence-corrected chi connectivity index (χ2v) is 4.75. The molecular weight excluding hydrogens is 226 g/mol. The lowest BCUT2D eigenvalue weighted by Crippen LogP contribution is -2.21. The molecule has 96 valence electrons. The third-order valence-corrected chi connectivity index (χ3v) is 3.48. The summed E-state index contributed by atoms with van der Waals surface area (Å²) >= 11 is 0. The third kappa shape index (κ3) is 2.40. The van der Waals surface area contributed by atoms with Gasteiger partial charge >= 0.3 is 0 Å². The van der Waals surface area contributed by atoms with E-state index >= 15 is 0 Å². The number of hydrogen-bond donors (Lipinski definition) is 1. The molecule has 18 heavy (non-hydrogen) atoms. The number of ether oxygens (including phenoxy) is 1. The molecule has 3 heteroatoms. The summed E-state index contributed by atoms with van der Waals surface area (Å²) in [7, 11) is 1.67. The molecule has 0 saturated carbocycles. The Morgan fingerprint density at radius 2 is 2.33 bits per heavy atom. The summed E-state index contributed by atoms with van der Waals surface area (Å²) in [5.41, 5.74) is 2.24. The summed E-state index contributed by atoms with van der Waals surface area (Å²) in [5, 5.41) is 3.04. The molecule has 1 heterocycles. The van der Waals surface area contributed by atoms with Gasteiger partial charge in [-0.3, -0.25) is 4.79 Å². The van der Waals surface area contributed by atoms with Gasteiger partial charge in [0.05, 0.1) is 13.2 Å². The van der Waals surface area contributed by atoms with E-state index in [1.54, 1.807) is 7.11 Å². The van der Waals surface area contributed by atoms with Crippen LogP contribution in [-0.4, -0.2) is 13.0 Å². The number of methoxy groups -OCH3 is 1. The molecule has 3 nitrogen and oxygen atoms in total. The van der Waals surface area contributed by atoms with Crippen LogP contribution in [0.15, 0.2) is 30.9 Å². The van der Waals surface area contributed by atoms with Crippen molar-refractivity contribution in [3.63, 3.8) is 0 Å². The van der Waals surface area contributed by atoms with Crippen molar-refractivity contribution in [1.82, 2.24) is 5.32 Å². The summed E-state index contributed by atoms with van der Waals surface area (Å²) in [6.45, 7) is 5.71. The van der Waals surface area contributed by atoms with Gasteiger partial charge in [0.25, 0.3) is 0 Å². The van der Waals surface area contributed by atoms with Crippen LogP contribution < -0.4 is 10.1 Å². The van der Waals surface area contributed by atoms with Crippen LogP contribution in [0.1, 0.15) is 30.0 Å². The second kappa shape index (κ2) is 5.25. The molecule has 0 aliphatic carbocycles. The first kappa shape index (κ1) is 12.7. The minimum atomic E-state index is 0.0647. The average Bonchev–Trinajstić information content (AvgIpc) is 2.71. The Morgan fingerprint density at radius 1 is 1.56 bits per heavy atom. The molecule has 1 aliphatic heterocycles. The number of allylic oxidation sites excluding steroid dienone is 1. The predicted octanol–water partition coefficient (Wildman–Crippen LogP) is 2.76. The molecule has 1 aromatic rings. The zero-order valence-corrected chi connectivity index (χ0v) is 10.9. The molecule has 0 bridgehead atoms. The Morgan fingerprint density at radius 3 is 2.94 bits per heavy atom. The molecule has 1 amide bonds.